The molecule has 1 unspecified atom stereocenters. The minimum absolute atomic E-state index is 0.278. The van der Waals surface area contributed by atoms with Gasteiger partial charge < -0.3 is 10.5 Å². The summed E-state index contributed by atoms with van der Waals surface area (Å²) in [5.41, 5.74) is 9.21. The van der Waals surface area contributed by atoms with Gasteiger partial charge in [-0.25, -0.2) is 4.39 Å². The third-order valence-corrected chi connectivity index (χ3v) is 4.39. The van der Waals surface area contributed by atoms with E-state index in [1.807, 2.05) is 18.2 Å². The fourth-order valence-corrected chi connectivity index (χ4v) is 3.33. The molecule has 0 aliphatic heterocycles. The molecule has 1 atom stereocenters. The lowest BCUT2D eigenvalue weighted by molar-refractivity contribution is 0.354. The van der Waals surface area contributed by atoms with Crippen molar-refractivity contribution in [3.8, 4) is 5.75 Å². The zero-order valence-corrected chi connectivity index (χ0v) is 12.2. The maximum absolute atomic E-state index is 14.4. The second-order valence-corrected chi connectivity index (χ2v) is 5.78. The maximum atomic E-state index is 14.4. The highest BCUT2D eigenvalue weighted by atomic mass is 19.1. The Balaban J connectivity index is 1.99. The van der Waals surface area contributed by atoms with Gasteiger partial charge in [0.05, 0.1) is 7.11 Å². The van der Waals surface area contributed by atoms with Crippen molar-refractivity contribution in [1.82, 2.24) is 0 Å². The molecule has 0 bridgehead atoms. The van der Waals surface area contributed by atoms with Gasteiger partial charge in [0, 0.05) is 5.54 Å². The summed E-state index contributed by atoms with van der Waals surface area (Å²) >= 11 is 0. The average Bonchev–Trinajstić information content (AvgIpc) is 2.50. The molecule has 0 fully saturated rings. The highest BCUT2D eigenvalue weighted by Crippen LogP contribution is 2.37. The minimum Gasteiger partial charge on any atom is -0.494 e. The Morgan fingerprint density at radius 2 is 2.00 bits per heavy atom. The number of benzene rings is 2. The molecule has 2 N–H and O–H groups in total. The number of halogens is 1. The number of nitrogens with two attached hydrogens (primary N) is 1. The van der Waals surface area contributed by atoms with Crippen molar-refractivity contribution < 1.29 is 9.13 Å². The molecule has 21 heavy (non-hydrogen) atoms. The van der Waals surface area contributed by atoms with Crippen LogP contribution < -0.4 is 10.5 Å². The molecule has 3 heteroatoms. The van der Waals surface area contributed by atoms with Crippen molar-refractivity contribution in [3.05, 3.63) is 65.0 Å². The van der Waals surface area contributed by atoms with Gasteiger partial charge in [-0.1, -0.05) is 36.4 Å². The van der Waals surface area contributed by atoms with Gasteiger partial charge in [-0.3, -0.25) is 0 Å². The van der Waals surface area contributed by atoms with E-state index >= 15 is 0 Å². The molecule has 0 amide bonds. The molecule has 0 aromatic heterocycles. The zero-order valence-electron chi connectivity index (χ0n) is 12.2. The van der Waals surface area contributed by atoms with Crippen LogP contribution in [0.15, 0.2) is 42.5 Å². The lowest BCUT2D eigenvalue weighted by Crippen LogP contribution is -2.42. The largest absolute Gasteiger partial charge is 0.494 e. The normalized spacial score (nSPS) is 20.9. The number of ether oxygens (including phenoxy) is 1. The van der Waals surface area contributed by atoms with Gasteiger partial charge in [0.25, 0.3) is 0 Å². The SMILES string of the molecule is COc1cccc(CC2(N)CCCc3ccccc32)c1F. The topological polar surface area (TPSA) is 35.2 Å². The van der Waals surface area contributed by atoms with Crippen LogP contribution in [0, 0.1) is 5.82 Å². The third-order valence-electron chi connectivity index (χ3n) is 4.39. The van der Waals surface area contributed by atoms with Crippen molar-refractivity contribution in [2.75, 3.05) is 7.11 Å². The molecule has 3 rings (SSSR count). The quantitative estimate of drug-likeness (QED) is 0.935. The highest BCUT2D eigenvalue weighted by molar-refractivity contribution is 5.39. The van der Waals surface area contributed by atoms with Crippen molar-refractivity contribution in [3.63, 3.8) is 0 Å². The van der Waals surface area contributed by atoms with Crippen molar-refractivity contribution in [2.45, 2.75) is 31.2 Å². The Labute approximate surface area is 124 Å². The number of rotatable bonds is 3. The Hall–Kier alpha value is -1.87. The first-order chi connectivity index (χ1) is 10.1. The van der Waals surface area contributed by atoms with Gasteiger partial charge in [-0.15, -0.1) is 0 Å². The lowest BCUT2D eigenvalue weighted by Gasteiger charge is -2.36. The first-order valence-corrected chi connectivity index (χ1v) is 7.33. The van der Waals surface area contributed by atoms with E-state index in [-0.39, 0.29) is 11.6 Å². The van der Waals surface area contributed by atoms with Gasteiger partial charge in [0.1, 0.15) is 0 Å². The average molecular weight is 285 g/mol. The smallest absolute Gasteiger partial charge is 0.168 e. The van der Waals surface area contributed by atoms with E-state index in [0.717, 1.165) is 24.8 Å². The number of methoxy groups -OCH3 is 1. The molecule has 0 spiro atoms. The molecular formula is C18H20FNO. The number of hydrogen-bond acceptors (Lipinski definition) is 2. The molecule has 0 radical (unpaired) electrons. The molecular weight excluding hydrogens is 265 g/mol. The molecule has 1 aliphatic carbocycles. The summed E-state index contributed by atoms with van der Waals surface area (Å²) < 4.78 is 19.5. The number of fused-ring (bicyclic) bond motifs is 1. The van der Waals surface area contributed by atoms with E-state index in [2.05, 4.69) is 12.1 Å². The third kappa shape index (κ3) is 2.54. The molecule has 2 aromatic carbocycles. The first-order valence-electron chi connectivity index (χ1n) is 7.33. The molecule has 0 heterocycles. The number of aryl methyl sites for hydroxylation is 1. The summed E-state index contributed by atoms with van der Waals surface area (Å²) in [6, 6.07) is 13.5. The summed E-state index contributed by atoms with van der Waals surface area (Å²) in [7, 11) is 1.48. The van der Waals surface area contributed by atoms with Gasteiger partial charge in [-0.2, -0.15) is 0 Å². The summed E-state index contributed by atoms with van der Waals surface area (Å²) in [4.78, 5) is 0. The van der Waals surface area contributed by atoms with Crippen LogP contribution in [-0.2, 0) is 18.4 Å². The predicted octanol–water partition coefficient (Wildman–Crippen LogP) is 3.57. The van der Waals surface area contributed by atoms with Crippen molar-refractivity contribution in [1.29, 1.82) is 0 Å². The minimum atomic E-state index is -0.498. The molecule has 2 aromatic rings. The van der Waals surface area contributed by atoms with E-state index in [1.54, 1.807) is 12.1 Å². The van der Waals surface area contributed by atoms with Gasteiger partial charge in [0.15, 0.2) is 11.6 Å². The van der Waals surface area contributed by atoms with Crippen LogP contribution in [0.25, 0.3) is 0 Å². The summed E-state index contributed by atoms with van der Waals surface area (Å²) in [6.07, 6.45) is 3.46. The number of hydrogen-bond donors (Lipinski definition) is 1. The highest BCUT2D eigenvalue weighted by Gasteiger charge is 2.33. The summed E-state index contributed by atoms with van der Waals surface area (Å²) in [5.74, 6) is -0.0203. The van der Waals surface area contributed by atoms with Crippen molar-refractivity contribution >= 4 is 0 Å². The van der Waals surface area contributed by atoms with Gasteiger partial charge in [0.2, 0.25) is 0 Å². The standard InChI is InChI=1S/C18H20FNO/c1-21-16-10-4-7-14(17(16)19)12-18(20)11-5-8-13-6-2-3-9-15(13)18/h2-4,6-7,9-10H,5,8,11-12,20H2,1H3. The van der Waals surface area contributed by atoms with Gasteiger partial charge in [-0.05, 0) is 48.4 Å². The lowest BCUT2D eigenvalue weighted by atomic mass is 9.74. The zero-order chi connectivity index (χ0) is 14.9. The van der Waals surface area contributed by atoms with E-state index in [9.17, 15) is 4.39 Å². The maximum Gasteiger partial charge on any atom is 0.168 e. The Morgan fingerprint density at radius 3 is 2.81 bits per heavy atom. The van der Waals surface area contributed by atoms with Crippen LogP contribution in [0.3, 0.4) is 0 Å². The van der Waals surface area contributed by atoms with Gasteiger partial charge >= 0.3 is 0 Å². The summed E-state index contributed by atoms with van der Waals surface area (Å²) in [5, 5.41) is 0. The second kappa shape index (κ2) is 5.49. The van der Waals surface area contributed by atoms with E-state index < -0.39 is 5.54 Å². The van der Waals surface area contributed by atoms with Crippen LogP contribution in [0.4, 0.5) is 4.39 Å². The Bertz CT molecular complexity index is 655. The molecule has 0 saturated heterocycles. The van der Waals surface area contributed by atoms with Crippen LogP contribution in [0.2, 0.25) is 0 Å². The van der Waals surface area contributed by atoms with Crippen LogP contribution in [0.1, 0.15) is 29.5 Å². The fourth-order valence-electron chi connectivity index (χ4n) is 3.33. The molecule has 0 saturated carbocycles. The second-order valence-electron chi connectivity index (χ2n) is 5.78. The van der Waals surface area contributed by atoms with Crippen molar-refractivity contribution in [2.24, 2.45) is 5.73 Å². The Morgan fingerprint density at radius 1 is 1.19 bits per heavy atom. The first kappa shape index (κ1) is 14.1. The van der Waals surface area contributed by atoms with E-state index in [4.69, 9.17) is 10.5 Å². The molecule has 1 aliphatic rings. The van der Waals surface area contributed by atoms with Crippen LogP contribution in [0.5, 0.6) is 5.75 Å². The van der Waals surface area contributed by atoms with Crippen LogP contribution in [-0.4, -0.2) is 7.11 Å². The summed E-state index contributed by atoms with van der Waals surface area (Å²) in [6.45, 7) is 0. The molecule has 2 nitrogen and oxygen atoms in total. The predicted molar refractivity (Wildman–Crippen MR) is 81.9 cm³/mol. The van der Waals surface area contributed by atoms with E-state index in [0.29, 0.717) is 12.0 Å². The Kier molecular flexibility index (Phi) is 3.68. The molecule has 110 valence electrons. The fraction of sp³-hybridized carbons (Fsp3) is 0.333. The van der Waals surface area contributed by atoms with E-state index in [1.165, 1.54) is 12.7 Å². The monoisotopic (exact) mass is 285 g/mol. The van der Waals surface area contributed by atoms with Crippen LogP contribution >= 0.6 is 0 Å².